The second-order valence-corrected chi connectivity index (χ2v) is 4.22. The Balaban J connectivity index is 3.04. The van der Waals surface area contributed by atoms with Crippen molar-refractivity contribution in [2.45, 2.75) is 65.3 Å². The Bertz CT molecular complexity index is 127. The zero-order valence-electron chi connectivity index (χ0n) is 10.2. The Morgan fingerprint density at radius 3 is 2.36 bits per heavy atom. The summed E-state index contributed by atoms with van der Waals surface area (Å²) >= 11 is 0. The van der Waals surface area contributed by atoms with Crippen molar-refractivity contribution in [2.75, 3.05) is 6.54 Å². The van der Waals surface area contributed by atoms with Gasteiger partial charge in [-0.25, -0.2) is 0 Å². The van der Waals surface area contributed by atoms with E-state index < -0.39 is 0 Å². The number of unbranched alkanes of at least 4 members (excludes halogenated alkanes) is 4. The van der Waals surface area contributed by atoms with Gasteiger partial charge in [-0.15, -0.1) is 0 Å². The molecule has 0 saturated carbocycles. The number of rotatable bonds is 9. The molecule has 0 aromatic rings. The first-order chi connectivity index (χ1) is 6.77. The van der Waals surface area contributed by atoms with E-state index in [0.717, 1.165) is 6.54 Å². The summed E-state index contributed by atoms with van der Waals surface area (Å²) in [7, 11) is 0. The van der Waals surface area contributed by atoms with E-state index in [-0.39, 0.29) is 0 Å². The van der Waals surface area contributed by atoms with E-state index in [1.54, 1.807) is 0 Å². The van der Waals surface area contributed by atoms with E-state index in [2.05, 4.69) is 38.2 Å². The Labute approximate surface area is 90.0 Å². The van der Waals surface area contributed by atoms with Crippen molar-refractivity contribution in [3.8, 4) is 0 Å². The van der Waals surface area contributed by atoms with Crippen molar-refractivity contribution in [1.82, 2.24) is 5.32 Å². The predicted octanol–water partition coefficient (Wildman–Crippen LogP) is 3.90. The van der Waals surface area contributed by atoms with Crippen LogP contribution in [0.5, 0.6) is 0 Å². The lowest BCUT2D eigenvalue weighted by molar-refractivity contribution is 0.594. The molecule has 14 heavy (non-hydrogen) atoms. The molecule has 0 radical (unpaired) electrons. The third-order valence-electron chi connectivity index (χ3n) is 2.25. The molecular weight excluding hydrogens is 170 g/mol. The van der Waals surface area contributed by atoms with Gasteiger partial charge >= 0.3 is 0 Å². The highest BCUT2D eigenvalue weighted by molar-refractivity contribution is 4.82. The van der Waals surface area contributed by atoms with Crippen molar-refractivity contribution in [3.05, 3.63) is 12.2 Å². The minimum Gasteiger partial charge on any atom is -0.314 e. The fourth-order valence-corrected chi connectivity index (χ4v) is 1.38. The van der Waals surface area contributed by atoms with Gasteiger partial charge in [0.25, 0.3) is 0 Å². The van der Waals surface area contributed by atoms with Crippen LogP contribution < -0.4 is 5.32 Å². The zero-order chi connectivity index (χ0) is 10.6. The molecule has 0 aromatic carbocycles. The maximum Gasteiger partial charge on any atom is 0.00105 e. The molecule has 1 nitrogen and oxygen atoms in total. The van der Waals surface area contributed by atoms with Crippen LogP contribution in [-0.4, -0.2) is 12.6 Å². The first-order valence-corrected chi connectivity index (χ1v) is 6.15. The molecule has 0 aliphatic carbocycles. The molecule has 0 aromatic heterocycles. The molecule has 0 spiro atoms. The van der Waals surface area contributed by atoms with Gasteiger partial charge in [0, 0.05) is 6.04 Å². The number of allylic oxidation sites excluding steroid dienone is 1. The van der Waals surface area contributed by atoms with Gasteiger partial charge in [0.15, 0.2) is 0 Å². The molecule has 0 heterocycles. The number of nitrogens with one attached hydrogen (secondary N) is 1. The molecule has 0 aliphatic heterocycles. The molecule has 0 atom stereocenters. The molecule has 0 saturated heterocycles. The van der Waals surface area contributed by atoms with Crippen LogP contribution in [0.2, 0.25) is 0 Å². The molecule has 84 valence electrons. The van der Waals surface area contributed by atoms with E-state index in [9.17, 15) is 0 Å². The third-order valence-corrected chi connectivity index (χ3v) is 2.25. The van der Waals surface area contributed by atoms with Gasteiger partial charge in [-0.05, 0) is 25.8 Å². The van der Waals surface area contributed by atoms with Gasteiger partial charge in [0.1, 0.15) is 0 Å². The summed E-state index contributed by atoms with van der Waals surface area (Å²) in [5, 5.41) is 3.41. The second kappa shape index (κ2) is 10.8. The number of hydrogen-bond donors (Lipinski definition) is 1. The van der Waals surface area contributed by atoms with Crippen LogP contribution in [0.4, 0.5) is 0 Å². The Hall–Kier alpha value is -0.300. The van der Waals surface area contributed by atoms with Gasteiger partial charge in [-0.3, -0.25) is 0 Å². The fraction of sp³-hybridized carbons (Fsp3) is 0.846. The molecule has 0 rings (SSSR count). The maximum atomic E-state index is 3.41. The molecule has 1 heteroatoms. The Kier molecular flexibility index (Phi) is 10.5. The third kappa shape index (κ3) is 11.7. The van der Waals surface area contributed by atoms with Gasteiger partial charge < -0.3 is 5.32 Å². The highest BCUT2D eigenvalue weighted by Crippen LogP contribution is 2.02. The zero-order valence-corrected chi connectivity index (χ0v) is 10.2. The summed E-state index contributed by atoms with van der Waals surface area (Å²) in [6.45, 7) is 7.75. The summed E-state index contributed by atoms with van der Waals surface area (Å²) in [5.41, 5.74) is 0. The van der Waals surface area contributed by atoms with Crippen LogP contribution in [0.3, 0.4) is 0 Å². The lowest BCUT2D eigenvalue weighted by Crippen LogP contribution is -2.23. The standard InChI is InChI=1S/C13H27N/c1-4-5-6-7-8-9-10-11-12-14-13(2)3/h9-10,13-14H,4-8,11-12H2,1-3H3. The SMILES string of the molecule is CCCCCCC=CCCNC(C)C. The highest BCUT2D eigenvalue weighted by Gasteiger charge is 1.88. The van der Waals surface area contributed by atoms with E-state index >= 15 is 0 Å². The highest BCUT2D eigenvalue weighted by atomic mass is 14.9. The first kappa shape index (κ1) is 13.7. The van der Waals surface area contributed by atoms with Crippen molar-refractivity contribution >= 4 is 0 Å². The van der Waals surface area contributed by atoms with Crippen molar-refractivity contribution < 1.29 is 0 Å². The average molecular weight is 197 g/mol. The lowest BCUT2D eigenvalue weighted by Gasteiger charge is -2.04. The molecule has 1 N–H and O–H groups in total. The monoisotopic (exact) mass is 197 g/mol. The van der Waals surface area contributed by atoms with E-state index in [1.165, 1.54) is 38.5 Å². The van der Waals surface area contributed by atoms with E-state index in [1.807, 2.05) is 0 Å². The summed E-state index contributed by atoms with van der Waals surface area (Å²) in [6, 6.07) is 0.618. The Morgan fingerprint density at radius 1 is 1.00 bits per heavy atom. The molecule has 0 fully saturated rings. The van der Waals surface area contributed by atoms with Gasteiger partial charge in [-0.2, -0.15) is 0 Å². The minimum absolute atomic E-state index is 0.618. The smallest absolute Gasteiger partial charge is 0.00105 e. The molecule has 0 aliphatic rings. The summed E-state index contributed by atoms with van der Waals surface area (Å²) in [6.07, 6.45) is 12.6. The van der Waals surface area contributed by atoms with E-state index in [0.29, 0.717) is 6.04 Å². The van der Waals surface area contributed by atoms with E-state index in [4.69, 9.17) is 0 Å². The quantitative estimate of drug-likeness (QED) is 0.436. The van der Waals surface area contributed by atoms with Gasteiger partial charge in [0.05, 0.1) is 0 Å². The van der Waals surface area contributed by atoms with Crippen LogP contribution in [0.1, 0.15) is 59.3 Å². The van der Waals surface area contributed by atoms with Gasteiger partial charge in [0.2, 0.25) is 0 Å². The minimum atomic E-state index is 0.618. The van der Waals surface area contributed by atoms with Crippen LogP contribution in [0, 0.1) is 0 Å². The molecule has 0 bridgehead atoms. The maximum absolute atomic E-state index is 3.41. The normalized spacial score (nSPS) is 11.7. The summed E-state index contributed by atoms with van der Waals surface area (Å²) < 4.78 is 0. The summed E-state index contributed by atoms with van der Waals surface area (Å²) in [5.74, 6) is 0. The number of hydrogen-bond acceptors (Lipinski definition) is 1. The predicted molar refractivity (Wildman–Crippen MR) is 65.7 cm³/mol. The average Bonchev–Trinajstić information content (AvgIpc) is 2.15. The van der Waals surface area contributed by atoms with Crippen LogP contribution in [0.15, 0.2) is 12.2 Å². The van der Waals surface area contributed by atoms with Crippen LogP contribution >= 0.6 is 0 Å². The molecule has 0 unspecified atom stereocenters. The lowest BCUT2D eigenvalue weighted by atomic mass is 10.1. The van der Waals surface area contributed by atoms with Crippen molar-refractivity contribution in [1.29, 1.82) is 0 Å². The summed E-state index contributed by atoms with van der Waals surface area (Å²) in [4.78, 5) is 0. The van der Waals surface area contributed by atoms with Crippen LogP contribution in [-0.2, 0) is 0 Å². The van der Waals surface area contributed by atoms with Crippen molar-refractivity contribution in [3.63, 3.8) is 0 Å². The van der Waals surface area contributed by atoms with Crippen molar-refractivity contribution in [2.24, 2.45) is 0 Å². The van der Waals surface area contributed by atoms with Gasteiger partial charge in [-0.1, -0.05) is 52.2 Å². The topological polar surface area (TPSA) is 12.0 Å². The fourth-order valence-electron chi connectivity index (χ4n) is 1.38. The molecule has 0 amide bonds. The van der Waals surface area contributed by atoms with Crippen LogP contribution in [0.25, 0.3) is 0 Å². The second-order valence-electron chi connectivity index (χ2n) is 4.22. The molecular formula is C13H27N. The first-order valence-electron chi connectivity index (χ1n) is 6.15. The Morgan fingerprint density at radius 2 is 1.71 bits per heavy atom. The largest absolute Gasteiger partial charge is 0.314 e.